The van der Waals surface area contributed by atoms with Gasteiger partial charge in [0.15, 0.2) is 5.82 Å². The zero-order chi connectivity index (χ0) is 37.1. The number of aliphatic hydroxyl groups is 1. The van der Waals surface area contributed by atoms with Crippen LogP contribution in [0.4, 0.5) is 14.6 Å². The predicted molar refractivity (Wildman–Crippen MR) is 195 cm³/mol. The normalized spacial score (nSPS) is 18.8. The minimum absolute atomic E-state index is 0.0115. The maximum Gasteiger partial charge on any atom is 0.319 e. The second-order valence-electron chi connectivity index (χ2n) is 14.7. The van der Waals surface area contributed by atoms with E-state index in [0.29, 0.717) is 53.7 Å². The number of fused-ring (bicyclic) bond motifs is 3. The van der Waals surface area contributed by atoms with Crippen LogP contribution < -0.4 is 9.64 Å². The number of aromatic nitrogens is 5. The maximum absolute atomic E-state index is 16.9. The minimum Gasteiger partial charge on any atom is -0.461 e. The molecule has 8 rings (SSSR count). The van der Waals surface area contributed by atoms with Crippen LogP contribution in [0.5, 0.6) is 6.01 Å². The number of amides is 1. The number of halogens is 3. The fraction of sp³-hybridized carbons (Fsp3) is 0.421. The van der Waals surface area contributed by atoms with Gasteiger partial charge in [0, 0.05) is 55.5 Å². The summed E-state index contributed by atoms with van der Waals surface area (Å²) in [5.41, 5.74) is -1.04. The van der Waals surface area contributed by atoms with E-state index in [1.165, 1.54) is 24.4 Å². The van der Waals surface area contributed by atoms with Crippen LogP contribution in [0.2, 0.25) is 5.02 Å². The summed E-state index contributed by atoms with van der Waals surface area (Å²) in [4.78, 5) is 37.4. The van der Waals surface area contributed by atoms with E-state index < -0.39 is 17.2 Å². The quantitative estimate of drug-likeness (QED) is 0.174. The Morgan fingerprint density at radius 1 is 1.15 bits per heavy atom. The molecular weight excluding hydrogens is 706 g/mol. The Bertz CT molecular complexity index is 2250. The third-order valence-electron chi connectivity index (χ3n) is 10.8. The minimum atomic E-state index is -1.28. The van der Waals surface area contributed by atoms with Crippen LogP contribution in [-0.2, 0) is 10.4 Å². The molecule has 3 aliphatic rings. The zero-order valence-corrected chi connectivity index (χ0v) is 30.4. The van der Waals surface area contributed by atoms with Crippen molar-refractivity contribution in [1.82, 2.24) is 34.9 Å². The summed E-state index contributed by atoms with van der Waals surface area (Å²) >= 11 is 6.43. The van der Waals surface area contributed by atoms with Gasteiger partial charge in [-0.3, -0.25) is 14.7 Å². The summed E-state index contributed by atoms with van der Waals surface area (Å²) in [5.74, 6) is -0.941. The number of carbonyl (C=O) groups is 1. The first kappa shape index (κ1) is 35.3. The summed E-state index contributed by atoms with van der Waals surface area (Å²) in [7, 11) is 1.85. The van der Waals surface area contributed by atoms with Crippen LogP contribution >= 0.6 is 11.6 Å². The summed E-state index contributed by atoms with van der Waals surface area (Å²) in [5, 5.41) is 15.1. The van der Waals surface area contributed by atoms with Gasteiger partial charge in [-0.05, 0) is 70.5 Å². The molecule has 0 bridgehead atoms. The first-order valence-electron chi connectivity index (χ1n) is 17.8. The smallest absolute Gasteiger partial charge is 0.319 e. The molecule has 0 aliphatic carbocycles. The molecule has 0 spiro atoms. The second-order valence-corrected chi connectivity index (χ2v) is 15.0. The Morgan fingerprint density at radius 3 is 2.70 bits per heavy atom. The molecule has 0 unspecified atom stereocenters. The van der Waals surface area contributed by atoms with Crippen molar-refractivity contribution in [3.05, 3.63) is 71.0 Å². The number of likely N-dealkylation sites (N-methyl/N-ethyl adjacent to an activating group) is 1. The van der Waals surface area contributed by atoms with Gasteiger partial charge in [0.25, 0.3) is 5.89 Å². The van der Waals surface area contributed by atoms with Gasteiger partial charge in [0.1, 0.15) is 35.1 Å². The number of benzene rings is 2. The number of ether oxygens (including phenoxy) is 1. The lowest BCUT2D eigenvalue weighted by Gasteiger charge is -2.31. The molecule has 15 heteroatoms. The number of nitrogens with zero attached hydrogens (tertiary/aromatic N) is 8. The molecule has 1 amide bonds. The van der Waals surface area contributed by atoms with Gasteiger partial charge in [-0.1, -0.05) is 41.0 Å². The Morgan fingerprint density at radius 2 is 1.94 bits per heavy atom. The fourth-order valence-electron chi connectivity index (χ4n) is 7.94. The highest BCUT2D eigenvalue weighted by Gasteiger charge is 2.45. The number of carbonyl (C=O) groups excluding carboxylic acids is 1. The average molecular weight is 745 g/mol. The highest BCUT2D eigenvalue weighted by Crippen LogP contribution is 2.41. The molecule has 3 aliphatic heterocycles. The largest absolute Gasteiger partial charge is 0.461 e. The van der Waals surface area contributed by atoms with E-state index in [4.69, 9.17) is 25.8 Å². The Kier molecular flexibility index (Phi) is 9.02. The third kappa shape index (κ3) is 6.46. The first-order valence-corrected chi connectivity index (χ1v) is 18.2. The molecule has 2 aromatic carbocycles. The van der Waals surface area contributed by atoms with Crippen molar-refractivity contribution in [2.24, 2.45) is 0 Å². The molecular formula is C38H39ClF2N8O4. The first-order chi connectivity index (χ1) is 25.4. The number of hydrogen-bond acceptors (Lipinski definition) is 11. The van der Waals surface area contributed by atoms with Gasteiger partial charge in [-0.2, -0.15) is 15.0 Å². The van der Waals surface area contributed by atoms with Crippen molar-refractivity contribution in [1.29, 1.82) is 0 Å². The summed E-state index contributed by atoms with van der Waals surface area (Å²) in [6, 6.07) is 7.93. The van der Waals surface area contributed by atoms with Crippen molar-refractivity contribution in [2.75, 3.05) is 44.7 Å². The molecule has 1 N–H and O–H groups in total. The van der Waals surface area contributed by atoms with Crippen molar-refractivity contribution in [3.63, 3.8) is 0 Å². The van der Waals surface area contributed by atoms with Gasteiger partial charge >= 0.3 is 6.01 Å². The van der Waals surface area contributed by atoms with Crippen LogP contribution in [0.1, 0.15) is 57.7 Å². The molecule has 53 heavy (non-hydrogen) atoms. The van der Waals surface area contributed by atoms with Crippen molar-refractivity contribution in [3.8, 4) is 17.3 Å². The van der Waals surface area contributed by atoms with E-state index in [1.807, 2.05) is 11.9 Å². The van der Waals surface area contributed by atoms with Gasteiger partial charge < -0.3 is 24.2 Å². The highest BCUT2D eigenvalue weighted by atomic mass is 35.5. The third-order valence-corrected chi connectivity index (χ3v) is 11.2. The maximum atomic E-state index is 16.9. The number of anilines is 1. The number of rotatable bonds is 9. The van der Waals surface area contributed by atoms with Crippen molar-refractivity contribution < 1.29 is 27.9 Å². The summed E-state index contributed by atoms with van der Waals surface area (Å²) in [6.07, 6.45) is 9.14. The molecule has 6 heterocycles. The molecule has 3 aromatic heterocycles. The van der Waals surface area contributed by atoms with Gasteiger partial charge in [0.2, 0.25) is 11.7 Å². The molecule has 3 saturated heterocycles. The van der Waals surface area contributed by atoms with E-state index >= 15 is 4.39 Å². The molecule has 0 saturated carbocycles. The van der Waals surface area contributed by atoms with E-state index in [1.54, 1.807) is 43.0 Å². The summed E-state index contributed by atoms with van der Waals surface area (Å²) in [6.45, 7) is 6.35. The molecule has 0 radical (unpaired) electrons. The number of pyridine rings is 1. The zero-order valence-electron chi connectivity index (χ0n) is 29.7. The highest BCUT2D eigenvalue weighted by molar-refractivity contribution is 6.36. The Hall–Kier alpha value is -4.79. The van der Waals surface area contributed by atoms with Crippen molar-refractivity contribution >= 4 is 51.1 Å². The van der Waals surface area contributed by atoms with Gasteiger partial charge in [-0.25, -0.2) is 8.78 Å². The lowest BCUT2D eigenvalue weighted by molar-refractivity contribution is -0.124. The predicted octanol–water partition coefficient (Wildman–Crippen LogP) is 6.14. The van der Waals surface area contributed by atoms with E-state index in [0.717, 1.165) is 38.8 Å². The van der Waals surface area contributed by atoms with Crippen LogP contribution in [0.15, 0.2) is 47.1 Å². The topological polar surface area (TPSA) is 134 Å². The van der Waals surface area contributed by atoms with Gasteiger partial charge in [0.05, 0.1) is 15.9 Å². The monoisotopic (exact) mass is 744 g/mol. The van der Waals surface area contributed by atoms with E-state index in [2.05, 4.69) is 25.0 Å². The second kappa shape index (κ2) is 13.6. The number of likely N-dealkylation sites (tertiary alicyclic amines) is 1. The standard InChI is InChI=1S/C38H39ClF2N8O4/c1-37(2,51)35-43-27(53-46-35)11-12-28(50)48-18-13-23(20-48)47(3)34-25-19-42-32(24-8-4-7-22-9-10-26(40)30(39)29(22)24)31(41)33(25)44-36(45-34)52-21-38-14-5-16-49(38)17-6-15-38/h4,7-12,19,23,51H,5-6,13-18,20-21H2,1-3H3/b12-11+/t23-/m1/s1. The van der Waals surface area contributed by atoms with E-state index in [9.17, 15) is 14.3 Å². The molecule has 5 aromatic rings. The number of hydrogen-bond donors (Lipinski definition) is 1. The average Bonchev–Trinajstić information content (AvgIpc) is 3.96. The lowest BCUT2D eigenvalue weighted by atomic mass is 9.95. The lowest BCUT2D eigenvalue weighted by Crippen LogP contribution is -2.43. The molecule has 12 nitrogen and oxygen atoms in total. The van der Waals surface area contributed by atoms with Crippen LogP contribution in [0.3, 0.4) is 0 Å². The van der Waals surface area contributed by atoms with Gasteiger partial charge in [-0.15, -0.1) is 0 Å². The SMILES string of the molecule is CN(c1nc(OCC23CCCN2CCC3)nc2c(F)c(-c3cccc4ccc(F)c(Cl)c34)ncc12)[C@@H]1CCN(C(=O)/C=C/c2nc(C(C)(C)O)no2)C1. The van der Waals surface area contributed by atoms with Crippen LogP contribution in [0.25, 0.3) is 39.0 Å². The molecule has 3 fully saturated rings. The van der Waals surface area contributed by atoms with E-state index in [-0.39, 0.29) is 51.4 Å². The molecule has 1 atom stereocenters. The van der Waals surface area contributed by atoms with Crippen molar-refractivity contribution in [2.45, 2.75) is 63.1 Å². The Labute approximate surface area is 309 Å². The van der Waals surface area contributed by atoms with Crippen LogP contribution in [0, 0.1) is 11.6 Å². The summed E-state index contributed by atoms with van der Waals surface area (Å²) < 4.78 is 43.0. The van der Waals surface area contributed by atoms with Crippen LogP contribution in [-0.4, -0.2) is 97.3 Å². The Balaban J connectivity index is 1.12. The molecule has 276 valence electrons. The fourth-order valence-corrected chi connectivity index (χ4v) is 8.21.